The summed E-state index contributed by atoms with van der Waals surface area (Å²) >= 11 is 3.34. The van der Waals surface area contributed by atoms with Gasteiger partial charge in [0.1, 0.15) is 6.33 Å². The van der Waals surface area contributed by atoms with Crippen LogP contribution in [0.5, 0.6) is 0 Å². The molecule has 0 atom stereocenters. The van der Waals surface area contributed by atoms with Gasteiger partial charge in [-0.15, -0.1) is 0 Å². The van der Waals surface area contributed by atoms with Crippen molar-refractivity contribution in [1.29, 1.82) is 0 Å². The minimum Gasteiger partial charge on any atom is -0.360 e. The highest BCUT2D eigenvalue weighted by atomic mass is 79.9. The number of nitro groups is 1. The fourth-order valence-electron chi connectivity index (χ4n) is 1.57. The number of nitrogens with zero attached hydrogens (tertiary/aromatic N) is 3. The summed E-state index contributed by atoms with van der Waals surface area (Å²) in [6, 6.07) is 7.56. The largest absolute Gasteiger partial charge is 0.360 e. The third-order valence-corrected chi connectivity index (χ3v) is 3.04. The highest BCUT2D eigenvalue weighted by molar-refractivity contribution is 9.10. The van der Waals surface area contributed by atoms with Crippen molar-refractivity contribution < 1.29 is 4.92 Å². The number of hydrogen-bond donors (Lipinski definition) is 3. The van der Waals surface area contributed by atoms with Crippen LogP contribution in [0.4, 0.5) is 17.3 Å². The molecule has 0 radical (unpaired) electrons. The Kier molecular flexibility index (Phi) is 4.43. The Morgan fingerprint density at radius 2 is 1.90 bits per heavy atom. The Balaban J connectivity index is 2.21. The van der Waals surface area contributed by atoms with Crippen molar-refractivity contribution in [3.63, 3.8) is 0 Å². The molecule has 104 valence electrons. The van der Waals surface area contributed by atoms with Crippen LogP contribution in [0.3, 0.4) is 0 Å². The van der Waals surface area contributed by atoms with Crippen LogP contribution in [0.2, 0.25) is 0 Å². The summed E-state index contributed by atoms with van der Waals surface area (Å²) < 4.78 is 0.962. The van der Waals surface area contributed by atoms with E-state index in [0.29, 0.717) is 6.54 Å². The number of hydrazine groups is 1. The minimum absolute atomic E-state index is 0.0386. The second-order valence-corrected chi connectivity index (χ2v) is 4.72. The fourth-order valence-corrected chi connectivity index (χ4v) is 1.84. The molecule has 8 nitrogen and oxygen atoms in total. The maximum absolute atomic E-state index is 11.0. The molecule has 2 rings (SSSR count). The molecule has 0 bridgehead atoms. The van der Waals surface area contributed by atoms with E-state index < -0.39 is 4.92 Å². The lowest BCUT2D eigenvalue weighted by molar-refractivity contribution is -0.383. The standard InChI is InChI=1S/C11H11BrN6O2/c12-8-3-1-7(2-4-8)5-14-10-9(18(19)20)11(17-13)16-6-15-10/h1-4,6H,5,13H2,(H2,14,15,16,17). The van der Waals surface area contributed by atoms with E-state index >= 15 is 0 Å². The molecule has 2 aromatic rings. The molecule has 1 heterocycles. The van der Waals surface area contributed by atoms with Crippen LogP contribution in [-0.4, -0.2) is 14.9 Å². The molecule has 1 aromatic heterocycles. The van der Waals surface area contributed by atoms with E-state index in [1.165, 1.54) is 6.33 Å². The van der Waals surface area contributed by atoms with E-state index in [2.05, 4.69) is 36.6 Å². The van der Waals surface area contributed by atoms with Gasteiger partial charge in [-0.05, 0) is 17.7 Å². The molecule has 0 fully saturated rings. The predicted molar refractivity (Wildman–Crippen MR) is 78.0 cm³/mol. The number of hydrogen-bond acceptors (Lipinski definition) is 7. The molecule has 20 heavy (non-hydrogen) atoms. The average Bonchev–Trinajstić information content (AvgIpc) is 2.46. The van der Waals surface area contributed by atoms with Gasteiger partial charge in [0.05, 0.1) is 4.92 Å². The van der Waals surface area contributed by atoms with Gasteiger partial charge < -0.3 is 10.7 Å². The van der Waals surface area contributed by atoms with Gasteiger partial charge in [-0.1, -0.05) is 28.1 Å². The number of aromatic nitrogens is 2. The summed E-state index contributed by atoms with van der Waals surface area (Å²) in [6.07, 6.45) is 1.20. The molecule has 0 saturated heterocycles. The lowest BCUT2D eigenvalue weighted by atomic mass is 10.2. The summed E-state index contributed by atoms with van der Waals surface area (Å²) in [6.45, 7) is 0.398. The van der Waals surface area contributed by atoms with Crippen LogP contribution < -0.4 is 16.6 Å². The van der Waals surface area contributed by atoms with Gasteiger partial charge >= 0.3 is 5.69 Å². The number of anilines is 2. The number of halogens is 1. The summed E-state index contributed by atoms with van der Waals surface area (Å²) in [5, 5.41) is 13.9. The van der Waals surface area contributed by atoms with Crippen LogP contribution in [0, 0.1) is 10.1 Å². The molecular weight excluding hydrogens is 328 g/mol. The van der Waals surface area contributed by atoms with E-state index in [1.54, 1.807) is 0 Å². The molecule has 0 aliphatic heterocycles. The Labute approximate surface area is 122 Å². The van der Waals surface area contributed by atoms with E-state index in [0.717, 1.165) is 10.0 Å². The molecule has 0 amide bonds. The van der Waals surface area contributed by atoms with E-state index in [9.17, 15) is 10.1 Å². The Hall–Kier alpha value is -2.26. The first kappa shape index (κ1) is 14.2. The molecule has 0 spiro atoms. The average molecular weight is 339 g/mol. The van der Waals surface area contributed by atoms with Gasteiger partial charge in [-0.3, -0.25) is 10.1 Å². The van der Waals surface area contributed by atoms with Crippen molar-refractivity contribution in [1.82, 2.24) is 9.97 Å². The molecule has 9 heteroatoms. The molecule has 0 unspecified atom stereocenters. The van der Waals surface area contributed by atoms with E-state index in [-0.39, 0.29) is 17.3 Å². The van der Waals surface area contributed by atoms with Gasteiger partial charge in [-0.25, -0.2) is 15.8 Å². The maximum atomic E-state index is 11.0. The minimum atomic E-state index is -0.584. The van der Waals surface area contributed by atoms with E-state index in [1.807, 2.05) is 24.3 Å². The summed E-state index contributed by atoms with van der Waals surface area (Å²) in [4.78, 5) is 18.0. The van der Waals surface area contributed by atoms with Gasteiger partial charge in [0.2, 0.25) is 11.6 Å². The monoisotopic (exact) mass is 338 g/mol. The van der Waals surface area contributed by atoms with Crippen LogP contribution in [-0.2, 0) is 6.54 Å². The SMILES string of the molecule is NNc1ncnc(NCc2ccc(Br)cc2)c1[N+](=O)[O-]. The number of rotatable bonds is 5. The van der Waals surface area contributed by atoms with Crippen molar-refractivity contribution in [3.8, 4) is 0 Å². The van der Waals surface area contributed by atoms with Gasteiger partial charge in [0.25, 0.3) is 0 Å². The van der Waals surface area contributed by atoms with Gasteiger partial charge in [0, 0.05) is 11.0 Å². The molecule has 1 aromatic carbocycles. The maximum Gasteiger partial charge on any atom is 0.354 e. The third kappa shape index (κ3) is 3.19. The van der Waals surface area contributed by atoms with Crippen LogP contribution >= 0.6 is 15.9 Å². The quantitative estimate of drug-likeness (QED) is 0.433. The normalized spacial score (nSPS) is 10.1. The Morgan fingerprint density at radius 3 is 2.50 bits per heavy atom. The van der Waals surface area contributed by atoms with Crippen molar-refractivity contribution >= 4 is 33.3 Å². The summed E-state index contributed by atoms with van der Waals surface area (Å²) in [7, 11) is 0. The number of nitrogens with two attached hydrogens (primary N) is 1. The van der Waals surface area contributed by atoms with Gasteiger partial charge in [-0.2, -0.15) is 0 Å². The lowest BCUT2D eigenvalue weighted by Gasteiger charge is -2.08. The zero-order valence-corrected chi connectivity index (χ0v) is 11.8. The summed E-state index contributed by atoms with van der Waals surface area (Å²) in [5.74, 6) is 5.28. The highest BCUT2D eigenvalue weighted by Crippen LogP contribution is 2.28. The Bertz CT molecular complexity index is 619. The number of nitrogens with one attached hydrogen (secondary N) is 2. The van der Waals surface area contributed by atoms with Crippen LogP contribution in [0.15, 0.2) is 35.1 Å². The zero-order chi connectivity index (χ0) is 14.5. The molecule has 0 aliphatic carbocycles. The van der Waals surface area contributed by atoms with Crippen molar-refractivity contribution in [3.05, 3.63) is 50.7 Å². The van der Waals surface area contributed by atoms with Crippen molar-refractivity contribution in [2.45, 2.75) is 6.54 Å². The van der Waals surface area contributed by atoms with E-state index in [4.69, 9.17) is 5.84 Å². The lowest BCUT2D eigenvalue weighted by Crippen LogP contribution is -2.13. The van der Waals surface area contributed by atoms with Crippen LogP contribution in [0.25, 0.3) is 0 Å². The van der Waals surface area contributed by atoms with Crippen molar-refractivity contribution in [2.24, 2.45) is 5.84 Å². The molecule has 0 aliphatic rings. The zero-order valence-electron chi connectivity index (χ0n) is 10.2. The first-order chi connectivity index (χ1) is 9.61. The second-order valence-electron chi connectivity index (χ2n) is 3.80. The molecular formula is C11H11BrN6O2. The first-order valence-corrected chi connectivity index (χ1v) is 6.35. The molecule has 0 saturated carbocycles. The topological polar surface area (TPSA) is 119 Å². The van der Waals surface area contributed by atoms with Crippen molar-refractivity contribution in [2.75, 3.05) is 10.7 Å². The molecule has 4 N–H and O–H groups in total. The number of benzene rings is 1. The first-order valence-electron chi connectivity index (χ1n) is 5.56. The Morgan fingerprint density at radius 1 is 1.25 bits per heavy atom. The predicted octanol–water partition coefficient (Wildman–Crippen LogP) is 2.04. The van der Waals surface area contributed by atoms with Crippen LogP contribution in [0.1, 0.15) is 5.56 Å². The smallest absolute Gasteiger partial charge is 0.354 e. The second kappa shape index (κ2) is 6.26. The fraction of sp³-hybridized carbons (Fsp3) is 0.0909. The third-order valence-electron chi connectivity index (χ3n) is 2.51. The summed E-state index contributed by atoms with van der Waals surface area (Å²) in [5.41, 5.74) is 2.86. The number of nitrogen functional groups attached to an aromatic ring is 1. The highest BCUT2D eigenvalue weighted by Gasteiger charge is 2.21. The van der Waals surface area contributed by atoms with Gasteiger partial charge in [0.15, 0.2) is 0 Å².